The number of hydrogen-bond acceptors (Lipinski definition) is 6. The highest BCUT2D eigenvalue weighted by Gasteiger charge is 2.38. The molecule has 0 N–H and O–H groups in total. The van der Waals surface area contributed by atoms with Gasteiger partial charge in [0.15, 0.2) is 0 Å². The summed E-state index contributed by atoms with van der Waals surface area (Å²) in [6.07, 6.45) is 0. The fraction of sp³-hybridized carbons (Fsp3) is 0.409. The van der Waals surface area contributed by atoms with Crippen LogP contribution in [0.25, 0.3) is 0 Å². The molecule has 0 bridgehead atoms. The molecule has 6 heteroatoms. The van der Waals surface area contributed by atoms with E-state index in [0.717, 1.165) is 35.1 Å². The van der Waals surface area contributed by atoms with Gasteiger partial charge in [-0.1, -0.05) is 12.1 Å². The summed E-state index contributed by atoms with van der Waals surface area (Å²) in [7, 11) is 3.10. The average molecular weight is 382 g/mol. The molecule has 1 fully saturated rings. The van der Waals surface area contributed by atoms with Crippen molar-refractivity contribution in [2.45, 2.75) is 19.4 Å². The van der Waals surface area contributed by atoms with Gasteiger partial charge < -0.3 is 24.0 Å². The van der Waals surface area contributed by atoms with Crippen LogP contribution in [0, 0.1) is 5.92 Å². The number of esters is 1. The van der Waals surface area contributed by atoms with E-state index in [2.05, 4.69) is 35.8 Å². The lowest BCUT2D eigenvalue weighted by Crippen LogP contribution is -2.51. The van der Waals surface area contributed by atoms with Crippen LogP contribution in [-0.2, 0) is 9.53 Å². The van der Waals surface area contributed by atoms with Gasteiger partial charge in [0, 0.05) is 19.2 Å². The van der Waals surface area contributed by atoms with Crippen molar-refractivity contribution in [3.8, 4) is 11.5 Å². The molecule has 4 rings (SSSR count). The Balaban J connectivity index is 1.69. The molecule has 0 atom stereocenters. The van der Waals surface area contributed by atoms with Gasteiger partial charge in [-0.25, -0.2) is 0 Å². The number of carbonyl (C=O) groups is 1. The molecule has 0 radical (unpaired) electrons. The van der Waals surface area contributed by atoms with Gasteiger partial charge in [0.05, 0.1) is 43.7 Å². The summed E-state index contributed by atoms with van der Waals surface area (Å²) >= 11 is 0. The van der Waals surface area contributed by atoms with Crippen LogP contribution in [0.4, 0.5) is 17.1 Å². The average Bonchev–Trinajstić information content (AvgIpc) is 2.65. The second-order valence-electron chi connectivity index (χ2n) is 7.90. The van der Waals surface area contributed by atoms with Crippen molar-refractivity contribution in [3.63, 3.8) is 0 Å². The first-order chi connectivity index (χ1) is 13.4. The molecular formula is C22H26N2O4. The minimum Gasteiger partial charge on any atom is -0.497 e. The van der Waals surface area contributed by atoms with E-state index in [4.69, 9.17) is 14.2 Å². The van der Waals surface area contributed by atoms with Gasteiger partial charge in [-0.05, 0) is 38.1 Å². The summed E-state index contributed by atoms with van der Waals surface area (Å²) in [5, 5.41) is 0. The summed E-state index contributed by atoms with van der Waals surface area (Å²) in [6.45, 7) is 6.24. The van der Waals surface area contributed by atoms with E-state index in [1.54, 1.807) is 7.11 Å². The number of anilines is 3. The van der Waals surface area contributed by atoms with Crippen molar-refractivity contribution in [2.24, 2.45) is 5.92 Å². The second-order valence-corrected chi connectivity index (χ2v) is 7.90. The minimum absolute atomic E-state index is 0.0595. The van der Waals surface area contributed by atoms with E-state index >= 15 is 0 Å². The quantitative estimate of drug-likeness (QED) is 0.753. The molecule has 28 heavy (non-hydrogen) atoms. The van der Waals surface area contributed by atoms with Crippen molar-refractivity contribution in [1.29, 1.82) is 0 Å². The summed E-state index contributed by atoms with van der Waals surface area (Å²) in [5.41, 5.74) is 2.88. The summed E-state index contributed by atoms with van der Waals surface area (Å²) in [6, 6.07) is 14.2. The lowest BCUT2D eigenvalue weighted by molar-refractivity contribution is -0.146. The summed E-state index contributed by atoms with van der Waals surface area (Å²) < 4.78 is 16.5. The van der Waals surface area contributed by atoms with E-state index in [1.807, 2.05) is 30.3 Å². The van der Waals surface area contributed by atoms with Crippen molar-refractivity contribution in [2.75, 3.05) is 43.7 Å². The zero-order valence-corrected chi connectivity index (χ0v) is 16.8. The van der Waals surface area contributed by atoms with Crippen LogP contribution in [0.15, 0.2) is 42.5 Å². The minimum atomic E-state index is -0.351. The van der Waals surface area contributed by atoms with E-state index in [1.165, 1.54) is 7.11 Å². The van der Waals surface area contributed by atoms with Gasteiger partial charge in [0.25, 0.3) is 0 Å². The molecule has 2 aromatic carbocycles. The molecule has 2 aliphatic rings. The highest BCUT2D eigenvalue weighted by molar-refractivity contribution is 5.83. The molecule has 2 heterocycles. The molecule has 0 aliphatic carbocycles. The number of methoxy groups -OCH3 is 2. The van der Waals surface area contributed by atoms with Crippen molar-refractivity contribution in [3.05, 3.63) is 42.5 Å². The normalized spacial score (nSPS) is 18.0. The van der Waals surface area contributed by atoms with E-state index < -0.39 is 0 Å². The topological polar surface area (TPSA) is 51.2 Å². The maximum atomic E-state index is 11.8. The van der Waals surface area contributed by atoms with Crippen LogP contribution in [0.5, 0.6) is 11.5 Å². The predicted molar refractivity (Wildman–Crippen MR) is 109 cm³/mol. The predicted octanol–water partition coefficient (Wildman–Crippen LogP) is 3.61. The first kappa shape index (κ1) is 18.5. The first-order valence-corrected chi connectivity index (χ1v) is 9.48. The SMILES string of the molecule is COC(=O)C1CN(c2ccccc2N2CC(C)(C)Oc3cc(OC)ccc32)C1. The highest BCUT2D eigenvalue weighted by Crippen LogP contribution is 2.46. The standard InChI is InChI=1S/C22H26N2O4/c1-22(2)14-24(19-10-9-16(26-3)11-20(19)28-22)18-8-6-5-7-17(18)23-12-15(13-23)21(25)27-4/h5-11,15H,12-14H2,1-4H3. The number of carbonyl (C=O) groups excluding carboxylic acids is 1. The van der Waals surface area contributed by atoms with E-state index in [9.17, 15) is 4.79 Å². The first-order valence-electron chi connectivity index (χ1n) is 9.48. The Morgan fingerprint density at radius 2 is 1.79 bits per heavy atom. The van der Waals surface area contributed by atoms with Crippen molar-refractivity contribution < 1.29 is 19.0 Å². The molecule has 0 spiro atoms. The third kappa shape index (κ3) is 3.23. The molecule has 6 nitrogen and oxygen atoms in total. The Morgan fingerprint density at radius 3 is 2.46 bits per heavy atom. The number of rotatable bonds is 4. The third-order valence-electron chi connectivity index (χ3n) is 5.31. The lowest BCUT2D eigenvalue weighted by atomic mass is 9.98. The largest absolute Gasteiger partial charge is 0.497 e. The van der Waals surface area contributed by atoms with Crippen LogP contribution in [-0.4, -0.2) is 45.4 Å². The molecule has 0 amide bonds. The van der Waals surface area contributed by atoms with Gasteiger partial charge in [0.1, 0.15) is 17.1 Å². The second kappa shape index (κ2) is 6.93. The van der Waals surface area contributed by atoms with Crippen LogP contribution in [0.2, 0.25) is 0 Å². The van der Waals surface area contributed by atoms with Gasteiger partial charge >= 0.3 is 5.97 Å². The zero-order valence-electron chi connectivity index (χ0n) is 16.8. The zero-order chi connectivity index (χ0) is 19.9. The number of ether oxygens (including phenoxy) is 3. The Bertz CT molecular complexity index is 890. The van der Waals surface area contributed by atoms with Crippen LogP contribution in [0.1, 0.15) is 13.8 Å². The lowest BCUT2D eigenvalue weighted by Gasteiger charge is -2.45. The van der Waals surface area contributed by atoms with E-state index in [-0.39, 0.29) is 17.5 Å². The fourth-order valence-corrected chi connectivity index (χ4v) is 3.89. The van der Waals surface area contributed by atoms with Crippen molar-refractivity contribution >= 4 is 23.0 Å². The Labute approximate surface area is 165 Å². The van der Waals surface area contributed by atoms with Crippen LogP contribution < -0.4 is 19.3 Å². The molecule has 0 unspecified atom stereocenters. The Morgan fingerprint density at radius 1 is 1.07 bits per heavy atom. The van der Waals surface area contributed by atoms with Crippen LogP contribution >= 0.6 is 0 Å². The molecule has 2 aliphatic heterocycles. The summed E-state index contributed by atoms with van der Waals surface area (Å²) in [5.74, 6) is 1.38. The molecule has 0 aromatic heterocycles. The maximum absolute atomic E-state index is 11.8. The van der Waals surface area contributed by atoms with Gasteiger partial charge in [0.2, 0.25) is 0 Å². The Kier molecular flexibility index (Phi) is 4.57. The number of hydrogen-bond donors (Lipinski definition) is 0. The van der Waals surface area contributed by atoms with Gasteiger partial charge in [-0.15, -0.1) is 0 Å². The molecule has 0 saturated carbocycles. The monoisotopic (exact) mass is 382 g/mol. The number of fused-ring (bicyclic) bond motifs is 1. The number of nitrogens with zero attached hydrogens (tertiary/aromatic N) is 2. The number of para-hydroxylation sites is 2. The molecule has 1 saturated heterocycles. The molecular weight excluding hydrogens is 356 g/mol. The van der Waals surface area contributed by atoms with Gasteiger partial charge in [-0.2, -0.15) is 0 Å². The highest BCUT2D eigenvalue weighted by atomic mass is 16.5. The summed E-state index contributed by atoms with van der Waals surface area (Å²) in [4.78, 5) is 16.3. The third-order valence-corrected chi connectivity index (χ3v) is 5.31. The van der Waals surface area contributed by atoms with Crippen LogP contribution in [0.3, 0.4) is 0 Å². The number of benzene rings is 2. The molecule has 148 valence electrons. The van der Waals surface area contributed by atoms with E-state index in [0.29, 0.717) is 13.1 Å². The Hall–Kier alpha value is -2.89. The smallest absolute Gasteiger partial charge is 0.312 e. The van der Waals surface area contributed by atoms with Crippen molar-refractivity contribution in [1.82, 2.24) is 0 Å². The van der Waals surface area contributed by atoms with Gasteiger partial charge in [-0.3, -0.25) is 4.79 Å². The molecule has 2 aromatic rings. The fourth-order valence-electron chi connectivity index (χ4n) is 3.89. The maximum Gasteiger partial charge on any atom is 0.312 e.